The van der Waals surface area contributed by atoms with Crippen molar-refractivity contribution in [2.75, 3.05) is 12.1 Å². The van der Waals surface area contributed by atoms with E-state index in [1.54, 1.807) is 18.2 Å². The van der Waals surface area contributed by atoms with Crippen molar-refractivity contribution in [3.05, 3.63) is 66.2 Å². The summed E-state index contributed by atoms with van der Waals surface area (Å²) in [6.45, 7) is 0.184. The molecule has 5 rings (SSSR count). The number of nitrogens with one attached hydrogen (secondary N) is 1. The molecular weight excluding hydrogens is 318 g/mol. The van der Waals surface area contributed by atoms with E-state index in [1.165, 1.54) is 0 Å². The second-order valence-electron chi connectivity index (χ2n) is 5.83. The van der Waals surface area contributed by atoms with Gasteiger partial charge in [0.25, 0.3) is 5.91 Å². The Balaban J connectivity index is 1.47. The molecule has 0 bridgehead atoms. The van der Waals surface area contributed by atoms with Crippen LogP contribution in [-0.2, 0) is 0 Å². The van der Waals surface area contributed by atoms with E-state index in [0.717, 1.165) is 21.9 Å². The van der Waals surface area contributed by atoms with Crippen LogP contribution in [0.5, 0.6) is 11.5 Å². The summed E-state index contributed by atoms with van der Waals surface area (Å²) in [5, 5.41) is 4.98. The van der Waals surface area contributed by atoms with Gasteiger partial charge in [0.15, 0.2) is 11.5 Å². The van der Waals surface area contributed by atoms with Gasteiger partial charge in [-0.1, -0.05) is 18.2 Å². The van der Waals surface area contributed by atoms with Crippen molar-refractivity contribution >= 4 is 33.5 Å². The molecule has 1 aromatic heterocycles. The van der Waals surface area contributed by atoms with Crippen molar-refractivity contribution in [3.63, 3.8) is 0 Å². The number of hydrogen-bond acceptors (Lipinski definition) is 4. The predicted octanol–water partition coefficient (Wildman–Crippen LogP) is 4.57. The molecule has 122 valence electrons. The summed E-state index contributed by atoms with van der Waals surface area (Å²) >= 11 is 0. The van der Waals surface area contributed by atoms with Gasteiger partial charge in [-0.3, -0.25) is 4.79 Å². The van der Waals surface area contributed by atoms with Crippen molar-refractivity contribution in [1.82, 2.24) is 0 Å². The zero-order valence-electron chi connectivity index (χ0n) is 13.1. The molecule has 5 nitrogen and oxygen atoms in total. The van der Waals surface area contributed by atoms with E-state index in [2.05, 4.69) is 5.32 Å². The average molecular weight is 331 g/mol. The van der Waals surface area contributed by atoms with E-state index in [-0.39, 0.29) is 12.7 Å². The second kappa shape index (κ2) is 5.27. The summed E-state index contributed by atoms with van der Waals surface area (Å²) in [5.74, 6) is 1.02. The lowest BCUT2D eigenvalue weighted by atomic mass is 10.1. The van der Waals surface area contributed by atoms with E-state index in [1.807, 2.05) is 42.5 Å². The van der Waals surface area contributed by atoms with Crippen molar-refractivity contribution < 1.29 is 18.7 Å². The fourth-order valence-corrected chi connectivity index (χ4v) is 3.04. The minimum atomic E-state index is -0.214. The first-order valence-electron chi connectivity index (χ1n) is 7.90. The fraction of sp³-hybridized carbons (Fsp3) is 0.0500. The molecule has 0 saturated carbocycles. The standard InChI is InChI=1S/C20H13NO4/c22-20(12-5-8-17-19(9-12)24-11-23-17)21-13-6-7-15-14-3-1-2-4-16(14)25-18(15)10-13/h1-10H,11H2,(H,21,22). The molecule has 1 aliphatic rings. The number of amides is 1. The van der Waals surface area contributed by atoms with Crippen molar-refractivity contribution in [3.8, 4) is 11.5 Å². The summed E-state index contributed by atoms with van der Waals surface area (Å²) < 4.78 is 16.4. The normalized spacial score (nSPS) is 12.6. The molecule has 0 atom stereocenters. The lowest BCUT2D eigenvalue weighted by Crippen LogP contribution is -2.11. The Morgan fingerprint density at radius 3 is 2.64 bits per heavy atom. The van der Waals surface area contributed by atoms with Crippen LogP contribution in [0.15, 0.2) is 65.1 Å². The fourth-order valence-electron chi connectivity index (χ4n) is 3.04. The minimum absolute atomic E-state index is 0.184. The Hall–Kier alpha value is -3.47. The third-order valence-electron chi connectivity index (χ3n) is 4.27. The number of furan rings is 1. The van der Waals surface area contributed by atoms with Gasteiger partial charge in [-0.15, -0.1) is 0 Å². The Morgan fingerprint density at radius 2 is 1.68 bits per heavy atom. The molecule has 1 aliphatic heterocycles. The number of para-hydroxylation sites is 1. The third kappa shape index (κ3) is 2.29. The van der Waals surface area contributed by atoms with Crippen LogP contribution < -0.4 is 14.8 Å². The number of benzene rings is 3. The number of hydrogen-bond donors (Lipinski definition) is 1. The first kappa shape index (κ1) is 13.9. The first-order valence-corrected chi connectivity index (χ1v) is 7.90. The van der Waals surface area contributed by atoms with Gasteiger partial charge in [0.2, 0.25) is 6.79 Å². The highest BCUT2D eigenvalue weighted by Gasteiger charge is 2.16. The van der Waals surface area contributed by atoms with Gasteiger partial charge in [0, 0.05) is 28.1 Å². The molecule has 5 heteroatoms. The molecule has 4 aromatic rings. The maximum absolute atomic E-state index is 12.5. The van der Waals surface area contributed by atoms with E-state index in [4.69, 9.17) is 13.9 Å². The molecule has 0 radical (unpaired) electrons. The van der Waals surface area contributed by atoms with Gasteiger partial charge in [0.1, 0.15) is 11.2 Å². The van der Waals surface area contributed by atoms with Crippen LogP contribution in [0, 0.1) is 0 Å². The molecule has 2 heterocycles. The van der Waals surface area contributed by atoms with Crippen LogP contribution in [0.2, 0.25) is 0 Å². The van der Waals surface area contributed by atoms with Gasteiger partial charge in [-0.05, 0) is 36.4 Å². The van der Waals surface area contributed by atoms with E-state index >= 15 is 0 Å². The highest BCUT2D eigenvalue weighted by Crippen LogP contribution is 2.33. The Bertz CT molecular complexity index is 1130. The lowest BCUT2D eigenvalue weighted by molar-refractivity contribution is 0.102. The molecular formula is C20H13NO4. The van der Waals surface area contributed by atoms with Gasteiger partial charge in [-0.2, -0.15) is 0 Å². The van der Waals surface area contributed by atoms with Crippen LogP contribution in [0.25, 0.3) is 21.9 Å². The molecule has 0 aliphatic carbocycles. The van der Waals surface area contributed by atoms with Gasteiger partial charge in [0.05, 0.1) is 0 Å². The Morgan fingerprint density at radius 1 is 0.840 bits per heavy atom. The summed E-state index contributed by atoms with van der Waals surface area (Å²) in [7, 11) is 0. The maximum Gasteiger partial charge on any atom is 0.255 e. The number of anilines is 1. The van der Waals surface area contributed by atoms with Gasteiger partial charge >= 0.3 is 0 Å². The van der Waals surface area contributed by atoms with Gasteiger partial charge in [-0.25, -0.2) is 0 Å². The van der Waals surface area contributed by atoms with Gasteiger partial charge < -0.3 is 19.2 Å². The van der Waals surface area contributed by atoms with Crippen LogP contribution in [0.1, 0.15) is 10.4 Å². The largest absolute Gasteiger partial charge is 0.456 e. The molecule has 0 fully saturated rings. The zero-order chi connectivity index (χ0) is 16.8. The molecule has 0 saturated heterocycles. The third-order valence-corrected chi connectivity index (χ3v) is 4.27. The highest BCUT2D eigenvalue weighted by molar-refractivity contribution is 6.08. The van der Waals surface area contributed by atoms with E-state index in [9.17, 15) is 4.79 Å². The quantitative estimate of drug-likeness (QED) is 0.584. The van der Waals surface area contributed by atoms with E-state index in [0.29, 0.717) is 22.7 Å². The number of rotatable bonds is 2. The molecule has 25 heavy (non-hydrogen) atoms. The number of ether oxygens (including phenoxy) is 2. The van der Waals surface area contributed by atoms with Crippen LogP contribution >= 0.6 is 0 Å². The summed E-state index contributed by atoms with van der Waals surface area (Å²) in [4.78, 5) is 12.5. The molecule has 1 amide bonds. The predicted molar refractivity (Wildman–Crippen MR) is 94.2 cm³/mol. The topological polar surface area (TPSA) is 60.7 Å². The Labute approximate surface area is 142 Å². The zero-order valence-corrected chi connectivity index (χ0v) is 13.1. The first-order chi connectivity index (χ1) is 12.3. The maximum atomic E-state index is 12.5. The monoisotopic (exact) mass is 331 g/mol. The van der Waals surface area contributed by atoms with Crippen molar-refractivity contribution in [2.24, 2.45) is 0 Å². The van der Waals surface area contributed by atoms with Crippen LogP contribution in [0.4, 0.5) is 5.69 Å². The smallest absolute Gasteiger partial charge is 0.255 e. The lowest BCUT2D eigenvalue weighted by Gasteiger charge is -2.06. The number of carbonyl (C=O) groups excluding carboxylic acids is 1. The number of carbonyl (C=O) groups is 1. The minimum Gasteiger partial charge on any atom is -0.456 e. The average Bonchev–Trinajstić information content (AvgIpc) is 3.24. The van der Waals surface area contributed by atoms with E-state index < -0.39 is 0 Å². The Kier molecular flexibility index (Phi) is 2.94. The molecule has 1 N–H and O–H groups in total. The van der Waals surface area contributed by atoms with Crippen molar-refractivity contribution in [2.45, 2.75) is 0 Å². The molecule has 3 aromatic carbocycles. The van der Waals surface area contributed by atoms with Crippen LogP contribution in [-0.4, -0.2) is 12.7 Å². The van der Waals surface area contributed by atoms with Crippen molar-refractivity contribution in [1.29, 1.82) is 0 Å². The SMILES string of the molecule is O=C(Nc1ccc2c(c1)oc1ccccc12)c1ccc2c(c1)OCO2. The second-order valence-corrected chi connectivity index (χ2v) is 5.83. The van der Waals surface area contributed by atoms with Crippen LogP contribution in [0.3, 0.4) is 0 Å². The summed E-state index contributed by atoms with van der Waals surface area (Å²) in [6, 6.07) is 18.7. The molecule has 0 unspecified atom stereocenters. The summed E-state index contributed by atoms with van der Waals surface area (Å²) in [6.07, 6.45) is 0. The highest BCUT2D eigenvalue weighted by atomic mass is 16.7. The number of fused-ring (bicyclic) bond motifs is 4. The summed E-state index contributed by atoms with van der Waals surface area (Å²) in [5.41, 5.74) is 2.75. The molecule has 0 spiro atoms.